The monoisotopic (exact) mass is 415 g/mol. The first-order chi connectivity index (χ1) is 15.0. The summed E-state index contributed by atoms with van der Waals surface area (Å²) in [6.45, 7) is 0.112. The quantitative estimate of drug-likeness (QED) is 0.655. The third-order valence-corrected chi connectivity index (χ3v) is 5.46. The van der Waals surface area contributed by atoms with Gasteiger partial charge in [-0.3, -0.25) is 29.4 Å². The van der Waals surface area contributed by atoms with Gasteiger partial charge in [-0.25, -0.2) is 4.98 Å². The van der Waals surface area contributed by atoms with Gasteiger partial charge in [0.2, 0.25) is 11.8 Å². The highest BCUT2D eigenvalue weighted by Crippen LogP contribution is 2.34. The van der Waals surface area contributed by atoms with Gasteiger partial charge in [0.25, 0.3) is 11.8 Å². The van der Waals surface area contributed by atoms with Crippen LogP contribution in [0.5, 0.6) is 5.75 Å². The number of para-hydroxylation sites is 1. The number of imide groups is 2. The summed E-state index contributed by atoms with van der Waals surface area (Å²) < 4.78 is 5.87. The minimum atomic E-state index is -1.01. The van der Waals surface area contributed by atoms with E-state index in [1.54, 1.807) is 12.1 Å². The molecule has 1 saturated heterocycles. The van der Waals surface area contributed by atoms with Gasteiger partial charge in [0.05, 0.1) is 22.3 Å². The van der Waals surface area contributed by atoms with E-state index in [9.17, 15) is 19.2 Å². The van der Waals surface area contributed by atoms with E-state index in [2.05, 4.69) is 10.3 Å². The molecule has 1 fully saturated rings. The number of hydrogen-bond acceptors (Lipinski definition) is 6. The fraction of sp³-hybridized carbons (Fsp3) is 0.174. The zero-order valence-corrected chi connectivity index (χ0v) is 16.3. The molecule has 8 nitrogen and oxygen atoms in total. The molecule has 4 amide bonds. The Balaban J connectivity index is 1.41. The van der Waals surface area contributed by atoms with E-state index in [1.165, 1.54) is 6.07 Å². The number of carbonyl (C=O) groups is 4. The van der Waals surface area contributed by atoms with Crippen LogP contribution in [0.15, 0.2) is 54.6 Å². The molecule has 5 rings (SSSR count). The first-order valence-corrected chi connectivity index (χ1v) is 9.85. The molecule has 0 saturated carbocycles. The van der Waals surface area contributed by atoms with E-state index in [-0.39, 0.29) is 36.3 Å². The number of nitrogens with one attached hydrogen (secondary N) is 1. The van der Waals surface area contributed by atoms with Gasteiger partial charge in [0.1, 0.15) is 18.4 Å². The first-order valence-electron chi connectivity index (χ1n) is 9.85. The van der Waals surface area contributed by atoms with Crippen molar-refractivity contribution < 1.29 is 23.9 Å². The van der Waals surface area contributed by atoms with Crippen molar-refractivity contribution in [3.63, 3.8) is 0 Å². The van der Waals surface area contributed by atoms with Crippen LogP contribution in [-0.4, -0.2) is 39.6 Å². The lowest BCUT2D eigenvalue weighted by molar-refractivity contribution is -0.136. The van der Waals surface area contributed by atoms with Crippen molar-refractivity contribution in [2.45, 2.75) is 25.5 Å². The molecule has 8 heteroatoms. The summed E-state index contributed by atoms with van der Waals surface area (Å²) in [4.78, 5) is 55.1. The maximum Gasteiger partial charge on any atom is 0.266 e. The summed E-state index contributed by atoms with van der Waals surface area (Å²) in [5.74, 6) is -1.97. The molecule has 0 spiro atoms. The van der Waals surface area contributed by atoms with Crippen molar-refractivity contribution in [3.8, 4) is 5.75 Å². The van der Waals surface area contributed by atoms with E-state index in [0.29, 0.717) is 5.69 Å². The first kappa shape index (κ1) is 18.9. The van der Waals surface area contributed by atoms with E-state index in [4.69, 9.17) is 4.74 Å². The number of ether oxygens (including phenoxy) is 1. The highest BCUT2D eigenvalue weighted by atomic mass is 16.5. The molecule has 1 atom stereocenters. The smallest absolute Gasteiger partial charge is 0.266 e. The Hall–Kier alpha value is -4.07. The molecule has 3 heterocycles. The lowest BCUT2D eigenvalue weighted by Crippen LogP contribution is -2.54. The number of fused-ring (bicyclic) bond motifs is 2. The number of nitrogens with zero attached hydrogens (tertiary/aromatic N) is 2. The predicted molar refractivity (Wildman–Crippen MR) is 109 cm³/mol. The average Bonchev–Trinajstić information content (AvgIpc) is 3.03. The van der Waals surface area contributed by atoms with Crippen molar-refractivity contribution in [2.24, 2.45) is 0 Å². The number of hydrogen-bond donors (Lipinski definition) is 1. The molecule has 31 heavy (non-hydrogen) atoms. The predicted octanol–water partition coefficient (Wildman–Crippen LogP) is 2.21. The van der Waals surface area contributed by atoms with Crippen LogP contribution in [0.4, 0.5) is 0 Å². The summed E-state index contributed by atoms with van der Waals surface area (Å²) in [7, 11) is 0. The van der Waals surface area contributed by atoms with Crippen LogP contribution in [0.25, 0.3) is 10.9 Å². The van der Waals surface area contributed by atoms with E-state index in [0.717, 1.165) is 15.8 Å². The van der Waals surface area contributed by atoms with Gasteiger partial charge in [-0.15, -0.1) is 0 Å². The fourth-order valence-corrected chi connectivity index (χ4v) is 3.94. The summed E-state index contributed by atoms with van der Waals surface area (Å²) in [6.07, 6.45) is 0.175. The maximum absolute atomic E-state index is 13.1. The molecule has 0 radical (unpaired) electrons. The van der Waals surface area contributed by atoms with Crippen LogP contribution < -0.4 is 10.1 Å². The minimum absolute atomic E-state index is 0.0702. The molecule has 2 aliphatic rings. The Morgan fingerprint density at radius 3 is 2.65 bits per heavy atom. The van der Waals surface area contributed by atoms with Crippen LogP contribution in [-0.2, 0) is 16.2 Å². The second kappa shape index (κ2) is 7.32. The van der Waals surface area contributed by atoms with Crippen molar-refractivity contribution in [1.29, 1.82) is 0 Å². The third-order valence-electron chi connectivity index (χ3n) is 5.46. The standard InChI is InChI=1S/C23H17N3O5/c27-19-11-10-17(21(28)25-19)26-22(29)15-5-3-7-18(20(15)23(26)30)31-12-14-9-8-13-4-1-2-6-16(13)24-14/h1-9,17H,10-12H2,(H,25,27,28). The molecular weight excluding hydrogens is 398 g/mol. The molecule has 2 aliphatic heterocycles. The number of rotatable bonds is 4. The van der Waals surface area contributed by atoms with Gasteiger partial charge in [-0.05, 0) is 30.7 Å². The Morgan fingerprint density at radius 1 is 0.968 bits per heavy atom. The lowest BCUT2D eigenvalue weighted by Gasteiger charge is -2.27. The number of benzene rings is 2. The largest absolute Gasteiger partial charge is 0.486 e. The normalized spacial score (nSPS) is 18.3. The topological polar surface area (TPSA) is 106 Å². The summed E-state index contributed by atoms with van der Waals surface area (Å²) >= 11 is 0. The summed E-state index contributed by atoms with van der Waals surface area (Å²) in [6, 6.07) is 15.2. The van der Waals surface area contributed by atoms with E-state index < -0.39 is 29.7 Å². The van der Waals surface area contributed by atoms with Gasteiger partial charge >= 0.3 is 0 Å². The van der Waals surface area contributed by atoms with Crippen molar-refractivity contribution in [1.82, 2.24) is 15.2 Å². The number of carbonyl (C=O) groups excluding carboxylic acids is 4. The van der Waals surface area contributed by atoms with Gasteiger partial charge < -0.3 is 4.74 Å². The average molecular weight is 415 g/mol. The molecule has 1 N–H and O–H groups in total. The number of aromatic nitrogens is 1. The van der Waals surface area contributed by atoms with E-state index in [1.807, 2.05) is 36.4 Å². The Morgan fingerprint density at radius 2 is 1.81 bits per heavy atom. The number of pyridine rings is 1. The third kappa shape index (κ3) is 3.22. The van der Waals surface area contributed by atoms with Crippen molar-refractivity contribution in [2.75, 3.05) is 0 Å². The maximum atomic E-state index is 13.1. The summed E-state index contributed by atoms with van der Waals surface area (Å²) in [5.41, 5.74) is 1.81. The molecular formula is C23H17N3O5. The molecule has 2 aromatic carbocycles. The zero-order valence-electron chi connectivity index (χ0n) is 16.3. The second-order valence-corrected chi connectivity index (χ2v) is 7.41. The molecule has 0 bridgehead atoms. The van der Waals surface area contributed by atoms with Crippen LogP contribution in [0.1, 0.15) is 39.3 Å². The van der Waals surface area contributed by atoms with Crippen LogP contribution in [0.3, 0.4) is 0 Å². The Labute approximate surface area is 176 Å². The summed E-state index contributed by atoms with van der Waals surface area (Å²) in [5, 5.41) is 3.19. The van der Waals surface area contributed by atoms with Crippen LogP contribution in [0, 0.1) is 0 Å². The molecule has 1 unspecified atom stereocenters. The highest BCUT2D eigenvalue weighted by molar-refractivity contribution is 6.24. The van der Waals surface area contributed by atoms with Gasteiger partial charge in [0.15, 0.2) is 0 Å². The lowest BCUT2D eigenvalue weighted by atomic mass is 10.0. The zero-order chi connectivity index (χ0) is 21.5. The second-order valence-electron chi connectivity index (χ2n) is 7.41. The van der Waals surface area contributed by atoms with Gasteiger partial charge in [0, 0.05) is 11.8 Å². The van der Waals surface area contributed by atoms with Gasteiger partial charge in [-0.1, -0.05) is 30.3 Å². The van der Waals surface area contributed by atoms with Gasteiger partial charge in [-0.2, -0.15) is 0 Å². The minimum Gasteiger partial charge on any atom is -0.486 e. The van der Waals surface area contributed by atoms with Crippen molar-refractivity contribution in [3.05, 3.63) is 71.4 Å². The Bertz CT molecular complexity index is 1270. The van der Waals surface area contributed by atoms with Crippen LogP contribution in [0.2, 0.25) is 0 Å². The fourth-order valence-electron chi connectivity index (χ4n) is 3.94. The molecule has 0 aliphatic carbocycles. The van der Waals surface area contributed by atoms with Crippen molar-refractivity contribution >= 4 is 34.5 Å². The molecule has 1 aromatic heterocycles. The Kier molecular flexibility index (Phi) is 4.47. The number of piperidine rings is 1. The molecule has 154 valence electrons. The van der Waals surface area contributed by atoms with Crippen LogP contribution >= 0.6 is 0 Å². The molecule has 3 aromatic rings. The SMILES string of the molecule is O=C1CCC(N2C(=O)c3cccc(OCc4ccc5ccccc5n4)c3C2=O)C(=O)N1. The number of amides is 4. The highest BCUT2D eigenvalue weighted by Gasteiger charge is 2.45. The van der Waals surface area contributed by atoms with E-state index >= 15 is 0 Å².